The summed E-state index contributed by atoms with van der Waals surface area (Å²) in [6.45, 7) is 7.69. The van der Waals surface area contributed by atoms with Gasteiger partial charge in [0.05, 0.1) is 38.1 Å². The lowest BCUT2D eigenvalue weighted by Gasteiger charge is -2.19. The van der Waals surface area contributed by atoms with Crippen molar-refractivity contribution >= 4 is 5.91 Å². The van der Waals surface area contributed by atoms with Gasteiger partial charge in [-0.2, -0.15) is 5.10 Å². The third-order valence-electron chi connectivity index (χ3n) is 5.47. The first kappa shape index (κ1) is 22.3. The second-order valence-corrected chi connectivity index (χ2v) is 7.57. The summed E-state index contributed by atoms with van der Waals surface area (Å²) >= 11 is 0. The SMILES string of the molecule is COc1cc(C)c([C@H](C)NC(=O)Cc2c(C)nn(-c3ccc(F)cc3)c2C)cc1OC. The minimum atomic E-state index is -0.302. The molecule has 1 amide bonds. The highest BCUT2D eigenvalue weighted by Gasteiger charge is 2.19. The van der Waals surface area contributed by atoms with E-state index >= 15 is 0 Å². The zero-order valence-corrected chi connectivity index (χ0v) is 18.7. The van der Waals surface area contributed by atoms with Gasteiger partial charge in [0.25, 0.3) is 0 Å². The normalized spacial score (nSPS) is 11.8. The first-order chi connectivity index (χ1) is 14.7. The van der Waals surface area contributed by atoms with Crippen molar-refractivity contribution in [2.75, 3.05) is 14.2 Å². The lowest BCUT2D eigenvalue weighted by atomic mass is 10.0. The van der Waals surface area contributed by atoms with Gasteiger partial charge in [0, 0.05) is 11.3 Å². The third kappa shape index (κ3) is 4.71. The number of halogens is 1. The number of aryl methyl sites for hydroxylation is 2. The Kier molecular flexibility index (Phi) is 6.63. The van der Waals surface area contributed by atoms with Crippen LogP contribution in [0.2, 0.25) is 0 Å². The summed E-state index contributed by atoms with van der Waals surface area (Å²) in [5.41, 5.74) is 5.20. The average Bonchev–Trinajstić information content (AvgIpc) is 3.02. The number of carbonyl (C=O) groups is 1. The molecule has 1 atom stereocenters. The number of amides is 1. The van der Waals surface area contributed by atoms with E-state index in [1.54, 1.807) is 31.0 Å². The van der Waals surface area contributed by atoms with Crippen LogP contribution in [0.4, 0.5) is 4.39 Å². The number of nitrogens with one attached hydrogen (secondary N) is 1. The minimum absolute atomic E-state index is 0.105. The zero-order valence-electron chi connectivity index (χ0n) is 18.7. The molecule has 3 aromatic rings. The molecule has 0 saturated carbocycles. The average molecular weight is 426 g/mol. The van der Waals surface area contributed by atoms with Gasteiger partial charge >= 0.3 is 0 Å². The van der Waals surface area contributed by atoms with Crippen molar-refractivity contribution in [1.82, 2.24) is 15.1 Å². The quantitative estimate of drug-likeness (QED) is 0.610. The molecule has 1 heterocycles. The van der Waals surface area contributed by atoms with Crippen LogP contribution in [0, 0.1) is 26.6 Å². The highest BCUT2D eigenvalue weighted by molar-refractivity contribution is 5.79. The van der Waals surface area contributed by atoms with Crippen molar-refractivity contribution in [3.63, 3.8) is 0 Å². The van der Waals surface area contributed by atoms with Crippen molar-refractivity contribution in [3.8, 4) is 17.2 Å². The number of carbonyl (C=O) groups excluding carboxylic acids is 1. The third-order valence-corrected chi connectivity index (χ3v) is 5.47. The molecule has 2 aromatic carbocycles. The van der Waals surface area contributed by atoms with E-state index in [0.29, 0.717) is 11.5 Å². The molecule has 0 radical (unpaired) electrons. The summed E-state index contributed by atoms with van der Waals surface area (Å²) in [6.07, 6.45) is 0.204. The van der Waals surface area contributed by atoms with E-state index in [4.69, 9.17) is 9.47 Å². The Morgan fingerprint density at radius 1 is 1.10 bits per heavy atom. The molecule has 31 heavy (non-hydrogen) atoms. The van der Waals surface area contributed by atoms with E-state index in [2.05, 4.69) is 10.4 Å². The lowest BCUT2D eigenvalue weighted by molar-refractivity contribution is -0.121. The molecular weight excluding hydrogens is 397 g/mol. The van der Waals surface area contributed by atoms with Crippen molar-refractivity contribution in [2.24, 2.45) is 0 Å². The van der Waals surface area contributed by atoms with E-state index in [1.165, 1.54) is 12.1 Å². The summed E-state index contributed by atoms with van der Waals surface area (Å²) in [6, 6.07) is 9.71. The van der Waals surface area contributed by atoms with Gasteiger partial charge in [-0.25, -0.2) is 9.07 Å². The largest absolute Gasteiger partial charge is 0.493 e. The van der Waals surface area contributed by atoms with Crippen LogP contribution in [-0.2, 0) is 11.2 Å². The Morgan fingerprint density at radius 3 is 2.32 bits per heavy atom. The fourth-order valence-electron chi connectivity index (χ4n) is 3.76. The number of ether oxygens (including phenoxy) is 2. The summed E-state index contributed by atoms with van der Waals surface area (Å²) in [5.74, 6) is 0.870. The smallest absolute Gasteiger partial charge is 0.225 e. The molecule has 1 N–H and O–H groups in total. The molecule has 0 spiro atoms. The minimum Gasteiger partial charge on any atom is -0.493 e. The number of rotatable bonds is 7. The Hall–Kier alpha value is -3.35. The predicted octanol–water partition coefficient (Wildman–Crippen LogP) is 4.37. The van der Waals surface area contributed by atoms with Gasteiger partial charge in [-0.05, 0) is 75.2 Å². The Labute approximate surface area is 182 Å². The molecule has 6 nitrogen and oxygen atoms in total. The Morgan fingerprint density at radius 2 is 1.71 bits per heavy atom. The van der Waals surface area contributed by atoms with Crippen molar-refractivity contribution in [2.45, 2.75) is 40.2 Å². The van der Waals surface area contributed by atoms with E-state index in [1.807, 2.05) is 39.8 Å². The molecule has 1 aromatic heterocycles. The maximum atomic E-state index is 13.2. The number of methoxy groups -OCH3 is 2. The predicted molar refractivity (Wildman–Crippen MR) is 118 cm³/mol. The molecule has 164 valence electrons. The molecule has 0 bridgehead atoms. The van der Waals surface area contributed by atoms with Gasteiger partial charge in [0.1, 0.15) is 5.82 Å². The highest BCUT2D eigenvalue weighted by Crippen LogP contribution is 2.33. The van der Waals surface area contributed by atoms with Crippen LogP contribution in [0.1, 0.15) is 41.0 Å². The summed E-state index contributed by atoms with van der Waals surface area (Å²) in [4.78, 5) is 12.8. The van der Waals surface area contributed by atoms with Gasteiger partial charge in [-0.15, -0.1) is 0 Å². The van der Waals surface area contributed by atoms with Crippen molar-refractivity contribution < 1.29 is 18.7 Å². The fourth-order valence-corrected chi connectivity index (χ4v) is 3.76. The van der Waals surface area contributed by atoms with Crippen LogP contribution in [0.25, 0.3) is 5.69 Å². The molecule has 3 rings (SSSR count). The first-order valence-electron chi connectivity index (χ1n) is 10.1. The topological polar surface area (TPSA) is 65.4 Å². The van der Waals surface area contributed by atoms with Gasteiger partial charge in [0.15, 0.2) is 11.5 Å². The van der Waals surface area contributed by atoms with Gasteiger partial charge < -0.3 is 14.8 Å². The standard InChI is InChI=1S/C24H28FN3O3/c1-14-11-22(30-5)23(31-6)12-20(14)15(2)26-24(29)13-21-16(3)27-28(17(21)4)19-9-7-18(25)8-10-19/h7-12,15H,13H2,1-6H3,(H,26,29)/t15-/m0/s1. The fraction of sp³-hybridized carbons (Fsp3) is 0.333. The molecule has 0 saturated heterocycles. The molecule has 0 aliphatic rings. The molecule has 0 fully saturated rings. The van der Waals surface area contributed by atoms with E-state index in [-0.39, 0.29) is 24.2 Å². The van der Waals surface area contributed by atoms with Crippen molar-refractivity contribution in [3.05, 3.63) is 70.3 Å². The number of nitrogens with zero attached hydrogens (tertiary/aromatic N) is 2. The van der Waals surface area contributed by atoms with E-state index < -0.39 is 0 Å². The lowest BCUT2D eigenvalue weighted by Crippen LogP contribution is -2.29. The number of hydrogen-bond donors (Lipinski definition) is 1. The number of hydrogen-bond acceptors (Lipinski definition) is 4. The second kappa shape index (κ2) is 9.20. The molecule has 0 aliphatic heterocycles. The van der Waals surface area contributed by atoms with Crippen LogP contribution in [-0.4, -0.2) is 29.9 Å². The molecule has 0 aliphatic carbocycles. The summed E-state index contributed by atoms with van der Waals surface area (Å²) in [5, 5.41) is 7.60. The van der Waals surface area contributed by atoms with Crippen molar-refractivity contribution in [1.29, 1.82) is 0 Å². The summed E-state index contributed by atoms with van der Waals surface area (Å²) in [7, 11) is 3.18. The van der Waals surface area contributed by atoms with E-state index in [0.717, 1.165) is 33.8 Å². The zero-order chi connectivity index (χ0) is 22.7. The van der Waals surface area contributed by atoms with Crippen LogP contribution in [0.3, 0.4) is 0 Å². The van der Waals surface area contributed by atoms with Gasteiger partial charge in [0.2, 0.25) is 5.91 Å². The highest BCUT2D eigenvalue weighted by atomic mass is 19.1. The monoisotopic (exact) mass is 425 g/mol. The van der Waals surface area contributed by atoms with Crippen LogP contribution in [0.5, 0.6) is 11.5 Å². The second-order valence-electron chi connectivity index (χ2n) is 7.57. The number of aromatic nitrogens is 2. The molecule has 0 unspecified atom stereocenters. The molecule has 7 heteroatoms. The number of benzene rings is 2. The van der Waals surface area contributed by atoms with Crippen LogP contribution < -0.4 is 14.8 Å². The summed E-state index contributed by atoms with van der Waals surface area (Å²) < 4.78 is 25.7. The van der Waals surface area contributed by atoms with Gasteiger partial charge in [-0.3, -0.25) is 4.79 Å². The maximum Gasteiger partial charge on any atom is 0.225 e. The van der Waals surface area contributed by atoms with Crippen LogP contribution >= 0.6 is 0 Å². The van der Waals surface area contributed by atoms with E-state index in [9.17, 15) is 9.18 Å². The first-order valence-corrected chi connectivity index (χ1v) is 10.1. The van der Waals surface area contributed by atoms with Gasteiger partial charge in [-0.1, -0.05) is 0 Å². The Bertz CT molecular complexity index is 1090. The van der Waals surface area contributed by atoms with Crippen LogP contribution in [0.15, 0.2) is 36.4 Å². The maximum absolute atomic E-state index is 13.2. The Balaban J connectivity index is 1.78. The molecular formula is C24H28FN3O3.